The summed E-state index contributed by atoms with van der Waals surface area (Å²) in [5, 5.41) is 6.87. The summed E-state index contributed by atoms with van der Waals surface area (Å²) in [5.74, 6) is 1.34. The summed E-state index contributed by atoms with van der Waals surface area (Å²) in [6.07, 6.45) is 0. The number of nitrogens with zero attached hydrogens (tertiary/aromatic N) is 4. The molecular weight excluding hydrogens is 349 g/mol. The second kappa shape index (κ2) is 9.05. The highest BCUT2D eigenvalue weighted by molar-refractivity contribution is 5.78. The number of carbonyl (C=O) groups is 1. The Labute approximate surface area is 158 Å². The van der Waals surface area contributed by atoms with Crippen LogP contribution >= 0.6 is 0 Å². The van der Waals surface area contributed by atoms with Crippen LogP contribution in [0, 0.1) is 5.82 Å². The van der Waals surface area contributed by atoms with E-state index in [1.807, 2.05) is 13.8 Å². The minimum atomic E-state index is -0.274. The van der Waals surface area contributed by atoms with Gasteiger partial charge in [-0.15, -0.1) is 0 Å². The van der Waals surface area contributed by atoms with E-state index in [9.17, 15) is 9.18 Å². The van der Waals surface area contributed by atoms with E-state index >= 15 is 0 Å². The van der Waals surface area contributed by atoms with Crippen molar-refractivity contribution in [1.82, 2.24) is 25.3 Å². The molecular formula is C19H26FN5O2. The third-order valence-corrected chi connectivity index (χ3v) is 4.59. The van der Waals surface area contributed by atoms with E-state index in [0.717, 1.165) is 37.6 Å². The fourth-order valence-electron chi connectivity index (χ4n) is 2.93. The van der Waals surface area contributed by atoms with Gasteiger partial charge in [-0.25, -0.2) is 4.39 Å². The minimum Gasteiger partial charge on any atom is -0.351 e. The van der Waals surface area contributed by atoms with Gasteiger partial charge in [0.1, 0.15) is 5.82 Å². The Kier molecular flexibility index (Phi) is 6.52. The van der Waals surface area contributed by atoms with Crippen molar-refractivity contribution in [3.05, 3.63) is 47.4 Å². The molecule has 0 aliphatic carbocycles. The maximum Gasteiger partial charge on any atom is 0.240 e. The molecule has 1 aromatic carbocycles. The van der Waals surface area contributed by atoms with Crippen molar-refractivity contribution < 1.29 is 13.7 Å². The van der Waals surface area contributed by atoms with Crippen molar-refractivity contribution in [3.63, 3.8) is 0 Å². The molecule has 0 saturated carbocycles. The van der Waals surface area contributed by atoms with E-state index in [-0.39, 0.29) is 17.6 Å². The molecule has 146 valence electrons. The summed E-state index contributed by atoms with van der Waals surface area (Å²) in [5.41, 5.74) is 0.884. The van der Waals surface area contributed by atoms with Crippen LogP contribution in [-0.4, -0.2) is 58.6 Å². The van der Waals surface area contributed by atoms with Gasteiger partial charge in [-0.2, -0.15) is 4.98 Å². The number of nitrogens with one attached hydrogen (secondary N) is 1. The zero-order valence-electron chi connectivity index (χ0n) is 15.8. The third-order valence-electron chi connectivity index (χ3n) is 4.59. The smallest absolute Gasteiger partial charge is 0.240 e. The highest BCUT2D eigenvalue weighted by Crippen LogP contribution is 2.12. The Balaban J connectivity index is 1.37. The summed E-state index contributed by atoms with van der Waals surface area (Å²) in [6.45, 7) is 8.83. The van der Waals surface area contributed by atoms with Crippen molar-refractivity contribution in [2.45, 2.75) is 32.9 Å². The number of rotatable bonds is 7. The van der Waals surface area contributed by atoms with Gasteiger partial charge in [-0.3, -0.25) is 14.6 Å². The molecule has 0 radical (unpaired) electrons. The van der Waals surface area contributed by atoms with Crippen LogP contribution in [0.15, 0.2) is 28.8 Å². The predicted octanol–water partition coefficient (Wildman–Crippen LogP) is 1.77. The molecule has 1 aromatic heterocycles. The number of benzene rings is 1. The maximum absolute atomic E-state index is 12.9. The van der Waals surface area contributed by atoms with Crippen LogP contribution in [0.25, 0.3) is 0 Å². The summed E-state index contributed by atoms with van der Waals surface area (Å²) >= 11 is 0. The summed E-state index contributed by atoms with van der Waals surface area (Å²) in [6, 6.07) is 6.15. The average Bonchev–Trinajstić information content (AvgIpc) is 3.12. The molecule has 8 heteroatoms. The zero-order valence-corrected chi connectivity index (χ0v) is 15.8. The van der Waals surface area contributed by atoms with Crippen LogP contribution < -0.4 is 5.32 Å². The largest absolute Gasteiger partial charge is 0.351 e. The van der Waals surface area contributed by atoms with Crippen LogP contribution in [-0.2, 0) is 17.9 Å². The topological polar surface area (TPSA) is 74.5 Å². The molecule has 0 unspecified atom stereocenters. The summed E-state index contributed by atoms with van der Waals surface area (Å²) in [7, 11) is 0. The van der Waals surface area contributed by atoms with Crippen LogP contribution in [0.3, 0.4) is 0 Å². The van der Waals surface area contributed by atoms with Crippen molar-refractivity contribution in [2.24, 2.45) is 0 Å². The Morgan fingerprint density at radius 2 is 1.85 bits per heavy atom. The molecule has 2 aromatic rings. The average molecular weight is 375 g/mol. The number of carbonyl (C=O) groups excluding carboxylic acids is 1. The molecule has 2 heterocycles. The Bertz CT molecular complexity index is 739. The van der Waals surface area contributed by atoms with E-state index < -0.39 is 0 Å². The van der Waals surface area contributed by atoms with Crippen LogP contribution in [0.2, 0.25) is 0 Å². The monoisotopic (exact) mass is 375 g/mol. The van der Waals surface area contributed by atoms with Gasteiger partial charge < -0.3 is 9.84 Å². The lowest BCUT2D eigenvalue weighted by atomic mass is 10.2. The molecule has 0 bridgehead atoms. The van der Waals surface area contributed by atoms with Gasteiger partial charge in [0.15, 0.2) is 5.82 Å². The number of aromatic nitrogens is 2. The lowest BCUT2D eigenvalue weighted by molar-refractivity contribution is -0.122. The molecule has 3 rings (SSSR count). The van der Waals surface area contributed by atoms with Crippen molar-refractivity contribution in [1.29, 1.82) is 0 Å². The highest BCUT2D eigenvalue weighted by Gasteiger charge is 2.21. The fourth-order valence-corrected chi connectivity index (χ4v) is 2.93. The summed E-state index contributed by atoms with van der Waals surface area (Å²) in [4.78, 5) is 20.9. The van der Waals surface area contributed by atoms with Crippen molar-refractivity contribution >= 4 is 5.91 Å². The van der Waals surface area contributed by atoms with E-state index in [2.05, 4.69) is 25.3 Å². The van der Waals surface area contributed by atoms with E-state index in [1.165, 1.54) is 12.1 Å². The first-order valence-electron chi connectivity index (χ1n) is 9.28. The van der Waals surface area contributed by atoms with Gasteiger partial charge in [0.2, 0.25) is 11.8 Å². The lowest BCUT2D eigenvalue weighted by Gasteiger charge is -2.33. The molecule has 7 nitrogen and oxygen atoms in total. The quantitative estimate of drug-likeness (QED) is 0.795. The number of amides is 1. The molecule has 0 spiro atoms. The van der Waals surface area contributed by atoms with Crippen LogP contribution in [0.5, 0.6) is 0 Å². The standard InChI is InChI=1S/C19H26FN5O2/c1-14(2)19-22-18(27-23-19)13-25-9-7-24(8-10-25)12-17(26)21-11-15-3-5-16(20)6-4-15/h3-6,14H,7-13H2,1-2H3,(H,21,26). The number of piperazine rings is 1. The van der Waals surface area contributed by atoms with E-state index in [1.54, 1.807) is 12.1 Å². The first kappa shape index (κ1) is 19.4. The van der Waals surface area contributed by atoms with Gasteiger partial charge >= 0.3 is 0 Å². The lowest BCUT2D eigenvalue weighted by Crippen LogP contribution is -2.49. The van der Waals surface area contributed by atoms with Gasteiger partial charge in [0.05, 0.1) is 13.1 Å². The minimum absolute atomic E-state index is 0.0220. The Morgan fingerprint density at radius 1 is 1.19 bits per heavy atom. The molecule has 0 atom stereocenters. The molecule has 1 saturated heterocycles. The Morgan fingerprint density at radius 3 is 2.48 bits per heavy atom. The number of hydrogen-bond acceptors (Lipinski definition) is 6. The Hall–Kier alpha value is -2.32. The second-order valence-electron chi connectivity index (χ2n) is 7.16. The van der Waals surface area contributed by atoms with Crippen molar-refractivity contribution in [3.8, 4) is 0 Å². The molecule has 1 aliphatic heterocycles. The molecule has 1 amide bonds. The fraction of sp³-hybridized carbons (Fsp3) is 0.526. The second-order valence-corrected chi connectivity index (χ2v) is 7.16. The summed E-state index contributed by atoms with van der Waals surface area (Å²) < 4.78 is 18.2. The van der Waals surface area contributed by atoms with Gasteiger partial charge in [0, 0.05) is 38.6 Å². The predicted molar refractivity (Wildman–Crippen MR) is 98.4 cm³/mol. The first-order chi connectivity index (χ1) is 13.0. The van der Waals surface area contributed by atoms with E-state index in [0.29, 0.717) is 25.5 Å². The third kappa shape index (κ3) is 5.83. The van der Waals surface area contributed by atoms with Crippen molar-refractivity contribution in [2.75, 3.05) is 32.7 Å². The molecule has 1 aliphatic rings. The van der Waals surface area contributed by atoms with Gasteiger partial charge in [-0.1, -0.05) is 31.1 Å². The van der Waals surface area contributed by atoms with Gasteiger partial charge in [-0.05, 0) is 17.7 Å². The maximum atomic E-state index is 12.9. The SMILES string of the molecule is CC(C)c1noc(CN2CCN(CC(=O)NCc3ccc(F)cc3)CC2)n1. The zero-order chi connectivity index (χ0) is 19.2. The molecule has 1 N–H and O–H groups in total. The molecule has 27 heavy (non-hydrogen) atoms. The number of halogens is 1. The van der Waals surface area contributed by atoms with E-state index in [4.69, 9.17) is 4.52 Å². The van der Waals surface area contributed by atoms with Crippen LogP contribution in [0.1, 0.15) is 37.0 Å². The normalized spacial score (nSPS) is 16.0. The molecule has 1 fully saturated rings. The number of hydrogen-bond donors (Lipinski definition) is 1. The first-order valence-corrected chi connectivity index (χ1v) is 9.28. The highest BCUT2D eigenvalue weighted by atomic mass is 19.1. The van der Waals surface area contributed by atoms with Crippen LogP contribution in [0.4, 0.5) is 4.39 Å². The van der Waals surface area contributed by atoms with Gasteiger partial charge in [0.25, 0.3) is 0 Å².